The van der Waals surface area contributed by atoms with Crippen LogP contribution in [0.25, 0.3) is 0 Å². The molecule has 5 heteroatoms. The molecule has 0 aliphatic rings. The van der Waals surface area contributed by atoms with Gasteiger partial charge in [-0.3, -0.25) is 0 Å². The zero-order chi connectivity index (χ0) is 8.27. The van der Waals surface area contributed by atoms with E-state index in [2.05, 4.69) is 4.98 Å². The molecule has 0 bridgehead atoms. The summed E-state index contributed by atoms with van der Waals surface area (Å²) >= 11 is 0. The first-order valence-corrected chi connectivity index (χ1v) is 5.67. The molecule has 0 aromatic carbocycles. The van der Waals surface area contributed by atoms with E-state index >= 15 is 0 Å². The quantitative estimate of drug-likeness (QED) is 0.729. The molecule has 0 fully saturated rings. The van der Waals surface area contributed by atoms with Crippen LogP contribution in [0.5, 0.6) is 0 Å². The number of aliphatic hydroxyl groups is 1. The third-order valence-corrected chi connectivity index (χ3v) is 3.00. The van der Waals surface area contributed by atoms with Crippen molar-refractivity contribution in [3.8, 4) is 0 Å². The molecule has 0 saturated carbocycles. The van der Waals surface area contributed by atoms with Crippen molar-refractivity contribution in [2.24, 2.45) is 7.05 Å². The minimum Gasteiger partial charge on any atom is -0.390 e. The topological polar surface area (TPSA) is 38.1 Å². The van der Waals surface area contributed by atoms with Gasteiger partial charge in [0.05, 0.1) is 18.5 Å². The molecule has 1 N–H and O–H groups in total. The molecule has 0 aliphatic heterocycles. The van der Waals surface area contributed by atoms with Crippen molar-refractivity contribution in [1.29, 1.82) is 0 Å². The highest BCUT2D eigenvalue weighted by atomic mass is 33.1. The summed E-state index contributed by atoms with van der Waals surface area (Å²) in [7, 11) is 5.14. The maximum atomic E-state index is 8.82. The Morgan fingerprint density at radius 1 is 1.73 bits per heavy atom. The predicted molar refractivity (Wildman–Crippen MR) is 48.5 cm³/mol. The molecule has 0 atom stereocenters. The highest BCUT2D eigenvalue weighted by molar-refractivity contribution is 8.76. The van der Waals surface area contributed by atoms with Gasteiger partial charge in [0, 0.05) is 7.05 Å². The number of rotatable bonds is 3. The van der Waals surface area contributed by atoms with Crippen molar-refractivity contribution in [2.75, 3.05) is 6.26 Å². The van der Waals surface area contributed by atoms with E-state index in [4.69, 9.17) is 5.11 Å². The van der Waals surface area contributed by atoms with Gasteiger partial charge < -0.3 is 9.67 Å². The molecule has 0 spiro atoms. The average Bonchev–Trinajstić information content (AvgIpc) is 2.34. The molecule has 1 heterocycles. The number of aliphatic hydroxyl groups excluding tert-OH is 1. The van der Waals surface area contributed by atoms with Gasteiger partial charge in [-0.1, -0.05) is 10.8 Å². The zero-order valence-electron chi connectivity index (χ0n) is 6.44. The molecule has 0 radical (unpaired) electrons. The normalized spacial score (nSPS) is 10.5. The Morgan fingerprint density at radius 2 is 2.45 bits per heavy atom. The van der Waals surface area contributed by atoms with Crippen LogP contribution in [0.3, 0.4) is 0 Å². The lowest BCUT2D eigenvalue weighted by Gasteiger charge is -2.00. The molecule has 0 saturated heterocycles. The minimum absolute atomic E-state index is 0.0540. The van der Waals surface area contributed by atoms with Crippen LogP contribution < -0.4 is 0 Å². The maximum absolute atomic E-state index is 8.82. The summed E-state index contributed by atoms with van der Waals surface area (Å²) in [4.78, 5) is 4.12. The van der Waals surface area contributed by atoms with Crippen molar-refractivity contribution in [1.82, 2.24) is 9.55 Å². The fourth-order valence-corrected chi connectivity index (χ4v) is 2.11. The van der Waals surface area contributed by atoms with Crippen molar-refractivity contribution >= 4 is 21.6 Å². The standard InChI is InChI=1S/C6H10N2OS2/c1-8-5(4-9)3-7-6(8)11-10-2/h3,9H,4H2,1-2H3. The summed E-state index contributed by atoms with van der Waals surface area (Å²) in [6.07, 6.45) is 3.69. The summed E-state index contributed by atoms with van der Waals surface area (Å²) in [5.74, 6) is 0. The van der Waals surface area contributed by atoms with Crippen LogP contribution in [0.15, 0.2) is 11.4 Å². The van der Waals surface area contributed by atoms with Gasteiger partial charge in [-0.25, -0.2) is 4.98 Å². The summed E-state index contributed by atoms with van der Waals surface area (Å²) < 4.78 is 1.89. The first kappa shape index (κ1) is 8.96. The first-order valence-electron chi connectivity index (χ1n) is 3.11. The molecule has 0 unspecified atom stereocenters. The molecule has 3 nitrogen and oxygen atoms in total. The van der Waals surface area contributed by atoms with Gasteiger partial charge in [0.15, 0.2) is 5.16 Å². The van der Waals surface area contributed by atoms with Crippen molar-refractivity contribution in [3.63, 3.8) is 0 Å². The third kappa shape index (κ3) is 1.91. The Hall–Kier alpha value is -0.130. The van der Waals surface area contributed by atoms with Gasteiger partial charge >= 0.3 is 0 Å². The second-order valence-corrected chi connectivity index (χ2v) is 4.36. The van der Waals surface area contributed by atoms with Crippen molar-refractivity contribution in [2.45, 2.75) is 11.8 Å². The van der Waals surface area contributed by atoms with Crippen LogP contribution in [-0.4, -0.2) is 20.9 Å². The lowest BCUT2D eigenvalue weighted by atomic mass is 10.5. The summed E-state index contributed by atoms with van der Waals surface area (Å²) in [6.45, 7) is 0.0540. The molecule has 1 aromatic heterocycles. The van der Waals surface area contributed by atoms with Gasteiger partial charge in [-0.05, 0) is 17.0 Å². The molecule has 1 aromatic rings. The Bertz CT molecular complexity index is 236. The maximum Gasteiger partial charge on any atom is 0.178 e. The largest absolute Gasteiger partial charge is 0.390 e. The van der Waals surface area contributed by atoms with Crippen LogP contribution in [0.4, 0.5) is 0 Å². The van der Waals surface area contributed by atoms with Crippen LogP contribution in [0.2, 0.25) is 0 Å². The van der Waals surface area contributed by atoms with Crippen LogP contribution in [0, 0.1) is 0 Å². The molecule has 0 amide bonds. The Morgan fingerprint density at radius 3 is 2.91 bits per heavy atom. The second-order valence-electron chi connectivity index (χ2n) is 2.00. The van der Waals surface area contributed by atoms with Crippen LogP contribution >= 0.6 is 21.6 Å². The monoisotopic (exact) mass is 190 g/mol. The van der Waals surface area contributed by atoms with Crippen molar-refractivity contribution in [3.05, 3.63) is 11.9 Å². The zero-order valence-corrected chi connectivity index (χ0v) is 8.08. The summed E-state index contributed by atoms with van der Waals surface area (Å²) in [6, 6.07) is 0. The van der Waals surface area contributed by atoms with E-state index in [1.165, 1.54) is 0 Å². The number of nitrogens with zero attached hydrogens (tertiary/aromatic N) is 2. The highest BCUT2D eigenvalue weighted by Crippen LogP contribution is 2.26. The molecular weight excluding hydrogens is 180 g/mol. The van der Waals surface area contributed by atoms with E-state index in [9.17, 15) is 0 Å². The lowest BCUT2D eigenvalue weighted by Crippen LogP contribution is -1.96. The van der Waals surface area contributed by atoms with E-state index in [1.54, 1.807) is 27.8 Å². The smallest absolute Gasteiger partial charge is 0.178 e. The molecule has 11 heavy (non-hydrogen) atoms. The van der Waals surface area contributed by atoms with Gasteiger partial charge in [-0.2, -0.15) is 0 Å². The molecular formula is C6H10N2OS2. The Balaban J connectivity index is 2.82. The fraction of sp³-hybridized carbons (Fsp3) is 0.500. The third-order valence-electron chi connectivity index (χ3n) is 1.36. The van der Waals surface area contributed by atoms with E-state index in [-0.39, 0.29) is 6.61 Å². The number of aromatic nitrogens is 2. The Labute approximate surface area is 73.6 Å². The first-order chi connectivity index (χ1) is 5.29. The highest BCUT2D eigenvalue weighted by Gasteiger charge is 2.04. The summed E-state index contributed by atoms with van der Waals surface area (Å²) in [5.41, 5.74) is 0.849. The fourth-order valence-electron chi connectivity index (χ4n) is 0.725. The number of imidazole rings is 1. The molecule has 62 valence electrons. The van der Waals surface area contributed by atoms with Gasteiger partial charge in [0.2, 0.25) is 0 Å². The number of hydrogen-bond acceptors (Lipinski definition) is 4. The summed E-state index contributed by atoms with van der Waals surface area (Å²) in [5, 5.41) is 9.76. The van der Waals surface area contributed by atoms with E-state index < -0.39 is 0 Å². The van der Waals surface area contributed by atoms with Crippen LogP contribution in [0.1, 0.15) is 5.69 Å². The SMILES string of the molecule is CSSc1ncc(CO)n1C. The lowest BCUT2D eigenvalue weighted by molar-refractivity contribution is 0.271. The van der Waals surface area contributed by atoms with E-state index in [0.717, 1.165) is 10.9 Å². The minimum atomic E-state index is 0.0540. The number of hydrogen-bond donors (Lipinski definition) is 1. The van der Waals surface area contributed by atoms with Crippen LogP contribution in [-0.2, 0) is 13.7 Å². The molecule has 1 rings (SSSR count). The average molecular weight is 190 g/mol. The van der Waals surface area contributed by atoms with Crippen molar-refractivity contribution < 1.29 is 5.11 Å². The van der Waals surface area contributed by atoms with Gasteiger partial charge in [-0.15, -0.1) is 0 Å². The van der Waals surface area contributed by atoms with Gasteiger partial charge in [0.1, 0.15) is 0 Å². The second kappa shape index (κ2) is 4.04. The molecule has 0 aliphatic carbocycles. The van der Waals surface area contributed by atoms with E-state index in [0.29, 0.717) is 0 Å². The predicted octanol–water partition coefficient (Wildman–Crippen LogP) is 1.28. The van der Waals surface area contributed by atoms with E-state index in [1.807, 2.05) is 17.9 Å². The Kier molecular flexibility index (Phi) is 3.29. The van der Waals surface area contributed by atoms with Gasteiger partial charge in [0.25, 0.3) is 0 Å².